The molecule has 0 aliphatic rings. The topological polar surface area (TPSA) is 63.8 Å². The van der Waals surface area contributed by atoms with Crippen LogP contribution in [0.2, 0.25) is 0 Å². The van der Waals surface area contributed by atoms with Crippen LogP contribution in [-0.4, -0.2) is 9.97 Å². The van der Waals surface area contributed by atoms with Crippen LogP contribution in [0.15, 0.2) is 48.9 Å². The van der Waals surface area contributed by atoms with Crippen molar-refractivity contribution in [3.05, 3.63) is 60.0 Å². The molecule has 0 aliphatic heterocycles. The van der Waals surface area contributed by atoms with Crippen molar-refractivity contribution in [2.24, 2.45) is 0 Å². The average Bonchev–Trinajstić information content (AvgIpc) is 2.46. The predicted octanol–water partition coefficient (Wildman–Crippen LogP) is 3.13. The maximum Gasteiger partial charge on any atom is 0.0743 e. The molecule has 3 rings (SSSR count). The summed E-state index contributed by atoms with van der Waals surface area (Å²) >= 11 is 0. The first-order valence-corrected chi connectivity index (χ1v) is 6.51. The molecule has 4 nitrogen and oxygen atoms in total. The number of nitrogens with zero attached hydrogens (tertiary/aromatic N) is 2. The van der Waals surface area contributed by atoms with E-state index < -0.39 is 0 Å². The van der Waals surface area contributed by atoms with Crippen molar-refractivity contribution < 1.29 is 0 Å². The minimum absolute atomic E-state index is 0.727. The molecule has 1 aromatic carbocycles. The third kappa shape index (κ3) is 2.40. The summed E-state index contributed by atoms with van der Waals surface area (Å²) in [5.41, 5.74) is 10.9. The van der Waals surface area contributed by atoms with Crippen LogP contribution in [0, 0.1) is 6.92 Å². The summed E-state index contributed by atoms with van der Waals surface area (Å²) in [6.07, 6.45) is 5.49. The van der Waals surface area contributed by atoms with Crippen LogP contribution in [0.25, 0.3) is 10.9 Å². The Morgan fingerprint density at radius 3 is 2.90 bits per heavy atom. The zero-order valence-corrected chi connectivity index (χ0v) is 11.3. The van der Waals surface area contributed by atoms with E-state index in [1.165, 1.54) is 11.1 Å². The molecule has 4 heteroatoms. The van der Waals surface area contributed by atoms with Crippen LogP contribution in [-0.2, 0) is 6.54 Å². The second-order valence-corrected chi connectivity index (χ2v) is 4.79. The Bertz CT molecular complexity index is 752. The number of aryl methyl sites for hydroxylation is 1. The molecule has 3 aromatic rings. The minimum atomic E-state index is 0.727. The first kappa shape index (κ1) is 12.4. The molecule has 0 radical (unpaired) electrons. The Morgan fingerprint density at radius 1 is 1.15 bits per heavy atom. The summed E-state index contributed by atoms with van der Waals surface area (Å²) in [4.78, 5) is 8.51. The molecule has 0 saturated carbocycles. The highest BCUT2D eigenvalue weighted by Gasteiger charge is 2.03. The van der Waals surface area contributed by atoms with Crippen LogP contribution in [0.4, 0.5) is 11.4 Å². The Morgan fingerprint density at radius 2 is 2.05 bits per heavy atom. The van der Waals surface area contributed by atoms with E-state index in [2.05, 4.69) is 22.2 Å². The standard InChI is InChI=1S/C16H16N4/c1-11-4-6-18-9-12(11)10-20-15-5-7-19-16-8-13(17)2-3-14(15)16/h2-9H,10,17H2,1H3,(H,19,20). The third-order valence-electron chi connectivity index (χ3n) is 3.38. The van der Waals surface area contributed by atoms with Crippen molar-refractivity contribution >= 4 is 22.3 Å². The Kier molecular flexibility index (Phi) is 3.21. The average molecular weight is 264 g/mol. The summed E-state index contributed by atoms with van der Waals surface area (Å²) in [6.45, 7) is 2.83. The zero-order chi connectivity index (χ0) is 13.9. The number of anilines is 2. The lowest BCUT2D eigenvalue weighted by Crippen LogP contribution is -2.02. The van der Waals surface area contributed by atoms with Gasteiger partial charge in [0.25, 0.3) is 0 Å². The molecule has 0 bridgehead atoms. The smallest absolute Gasteiger partial charge is 0.0743 e. The molecule has 0 amide bonds. The normalized spacial score (nSPS) is 10.7. The number of hydrogen-bond donors (Lipinski definition) is 2. The van der Waals surface area contributed by atoms with Gasteiger partial charge in [0.2, 0.25) is 0 Å². The lowest BCUT2D eigenvalue weighted by Gasteiger charge is -2.11. The summed E-state index contributed by atoms with van der Waals surface area (Å²) in [5, 5.41) is 4.52. The number of rotatable bonds is 3. The van der Waals surface area contributed by atoms with Crippen LogP contribution < -0.4 is 11.1 Å². The van der Waals surface area contributed by atoms with Crippen LogP contribution in [0.5, 0.6) is 0 Å². The van der Waals surface area contributed by atoms with Crippen LogP contribution in [0.1, 0.15) is 11.1 Å². The summed E-state index contributed by atoms with van der Waals surface area (Å²) in [7, 11) is 0. The number of nitrogens with one attached hydrogen (secondary N) is 1. The maximum atomic E-state index is 5.79. The van der Waals surface area contributed by atoms with E-state index in [1.807, 2.05) is 42.7 Å². The van der Waals surface area contributed by atoms with Gasteiger partial charge >= 0.3 is 0 Å². The fourth-order valence-corrected chi connectivity index (χ4v) is 2.19. The van der Waals surface area contributed by atoms with Gasteiger partial charge in [-0.2, -0.15) is 0 Å². The number of aromatic nitrogens is 2. The third-order valence-corrected chi connectivity index (χ3v) is 3.38. The first-order valence-electron chi connectivity index (χ1n) is 6.51. The number of fused-ring (bicyclic) bond motifs is 1. The molecule has 20 heavy (non-hydrogen) atoms. The van der Waals surface area contributed by atoms with Gasteiger partial charge in [0.1, 0.15) is 0 Å². The van der Waals surface area contributed by atoms with Crippen molar-refractivity contribution in [2.45, 2.75) is 13.5 Å². The molecule has 0 saturated heterocycles. The SMILES string of the molecule is Cc1ccncc1CNc1ccnc2cc(N)ccc12. The van der Waals surface area contributed by atoms with Gasteiger partial charge in [0.05, 0.1) is 5.52 Å². The molecular weight excluding hydrogens is 248 g/mol. The van der Waals surface area contributed by atoms with E-state index >= 15 is 0 Å². The van der Waals surface area contributed by atoms with E-state index in [1.54, 1.807) is 6.20 Å². The van der Waals surface area contributed by atoms with E-state index in [0.717, 1.165) is 28.8 Å². The first-order chi connectivity index (χ1) is 9.74. The van der Waals surface area contributed by atoms with E-state index in [0.29, 0.717) is 0 Å². The van der Waals surface area contributed by atoms with E-state index in [-0.39, 0.29) is 0 Å². The fraction of sp³-hybridized carbons (Fsp3) is 0.125. The van der Waals surface area contributed by atoms with Crippen LogP contribution in [0.3, 0.4) is 0 Å². The zero-order valence-electron chi connectivity index (χ0n) is 11.3. The monoisotopic (exact) mass is 264 g/mol. The van der Waals surface area contributed by atoms with Gasteiger partial charge in [0, 0.05) is 41.9 Å². The number of pyridine rings is 2. The molecule has 0 fully saturated rings. The van der Waals surface area contributed by atoms with Crippen LogP contribution >= 0.6 is 0 Å². The molecular formula is C16H16N4. The summed E-state index contributed by atoms with van der Waals surface area (Å²) < 4.78 is 0. The molecule has 2 aromatic heterocycles. The van der Waals surface area contributed by atoms with Crippen molar-refractivity contribution in [1.82, 2.24) is 9.97 Å². The van der Waals surface area contributed by atoms with Gasteiger partial charge in [-0.25, -0.2) is 0 Å². The lowest BCUT2D eigenvalue weighted by atomic mass is 10.1. The molecule has 2 heterocycles. The minimum Gasteiger partial charge on any atom is -0.399 e. The quantitative estimate of drug-likeness (QED) is 0.713. The van der Waals surface area contributed by atoms with Crippen molar-refractivity contribution in [3.8, 4) is 0 Å². The predicted molar refractivity (Wildman–Crippen MR) is 82.5 cm³/mol. The molecule has 100 valence electrons. The fourth-order valence-electron chi connectivity index (χ4n) is 2.19. The highest BCUT2D eigenvalue weighted by molar-refractivity contribution is 5.92. The highest BCUT2D eigenvalue weighted by atomic mass is 14.9. The van der Waals surface area contributed by atoms with E-state index in [9.17, 15) is 0 Å². The number of nitrogens with two attached hydrogens (primary N) is 1. The van der Waals surface area contributed by atoms with Crippen molar-refractivity contribution in [1.29, 1.82) is 0 Å². The second-order valence-electron chi connectivity index (χ2n) is 4.79. The molecule has 3 N–H and O–H groups in total. The van der Waals surface area contributed by atoms with Gasteiger partial charge in [-0.1, -0.05) is 0 Å². The van der Waals surface area contributed by atoms with E-state index in [4.69, 9.17) is 5.73 Å². The molecule has 0 unspecified atom stereocenters. The lowest BCUT2D eigenvalue weighted by molar-refractivity contribution is 1.08. The largest absolute Gasteiger partial charge is 0.399 e. The van der Waals surface area contributed by atoms with Gasteiger partial charge in [-0.3, -0.25) is 9.97 Å². The molecule has 0 spiro atoms. The van der Waals surface area contributed by atoms with Crippen molar-refractivity contribution in [2.75, 3.05) is 11.1 Å². The van der Waals surface area contributed by atoms with Gasteiger partial charge in [-0.05, 0) is 48.4 Å². The Labute approximate surface area is 117 Å². The maximum absolute atomic E-state index is 5.79. The van der Waals surface area contributed by atoms with Gasteiger partial charge in [-0.15, -0.1) is 0 Å². The summed E-state index contributed by atoms with van der Waals surface area (Å²) in [5.74, 6) is 0. The second kappa shape index (κ2) is 5.17. The molecule has 0 atom stereocenters. The number of benzene rings is 1. The Balaban J connectivity index is 1.90. The van der Waals surface area contributed by atoms with Gasteiger partial charge < -0.3 is 11.1 Å². The summed E-state index contributed by atoms with van der Waals surface area (Å²) in [6, 6.07) is 9.77. The Hall–Kier alpha value is -2.62. The molecule has 0 aliphatic carbocycles. The highest BCUT2D eigenvalue weighted by Crippen LogP contribution is 2.24. The number of hydrogen-bond acceptors (Lipinski definition) is 4. The van der Waals surface area contributed by atoms with Gasteiger partial charge in [0.15, 0.2) is 0 Å². The number of nitrogen functional groups attached to an aromatic ring is 1. The van der Waals surface area contributed by atoms with Crippen molar-refractivity contribution in [3.63, 3.8) is 0 Å².